The maximum Gasteiger partial charge on any atom is 0.419 e. The lowest BCUT2D eigenvalue weighted by molar-refractivity contribution is -0.302. The molecule has 4 fully saturated rings. The highest BCUT2D eigenvalue weighted by atomic mass is 19.4. The van der Waals surface area contributed by atoms with Crippen LogP contribution in [0.5, 0.6) is 0 Å². The van der Waals surface area contributed by atoms with Crippen molar-refractivity contribution >= 4 is 0 Å². The Morgan fingerprint density at radius 1 is 1.21 bits per heavy atom. The van der Waals surface area contributed by atoms with E-state index in [0.717, 1.165) is 37.7 Å². The van der Waals surface area contributed by atoms with Crippen molar-refractivity contribution in [2.24, 2.45) is 23.2 Å². The zero-order valence-electron chi connectivity index (χ0n) is 19.7. The van der Waals surface area contributed by atoms with Gasteiger partial charge in [-0.15, -0.1) is 0 Å². The highest BCUT2D eigenvalue weighted by Crippen LogP contribution is 2.59. The number of likely N-dealkylation sites (tertiary alicyclic amines) is 1. The second-order valence-electron chi connectivity index (χ2n) is 11.3. The van der Waals surface area contributed by atoms with Crippen molar-refractivity contribution < 1.29 is 28.5 Å². The largest absolute Gasteiger partial charge is 0.419 e. The topological polar surface area (TPSA) is 63.9 Å². The van der Waals surface area contributed by atoms with Crippen molar-refractivity contribution in [1.82, 2.24) is 4.90 Å². The number of fused-ring (bicyclic) bond motifs is 1. The molecule has 2 unspecified atom stereocenters. The first-order chi connectivity index (χ1) is 15.3. The van der Waals surface area contributed by atoms with Gasteiger partial charge in [0.05, 0.1) is 12.2 Å². The Morgan fingerprint density at radius 2 is 1.91 bits per heavy atom. The predicted molar refractivity (Wildman–Crippen MR) is 121 cm³/mol. The quantitative estimate of drug-likeness (QED) is 0.572. The normalized spacial score (nSPS) is 40.7. The van der Waals surface area contributed by atoms with E-state index in [9.17, 15) is 28.5 Å². The molecule has 0 aromatic carbocycles. The van der Waals surface area contributed by atoms with Gasteiger partial charge in [-0.25, -0.2) is 0 Å². The van der Waals surface area contributed by atoms with Crippen LogP contribution in [0, 0.1) is 23.2 Å². The minimum Gasteiger partial charge on any atom is -0.393 e. The Labute approximate surface area is 194 Å². The van der Waals surface area contributed by atoms with Crippen LogP contribution >= 0.6 is 0 Å². The standard InChI is InChI=1S/C26H38F3NO3/c1-16(13-30-14-25(33,15-30)26(27,28)29)21-8-9-22-18(5-4-10-24(21,22)3)6-7-19-11-20(31)12-23(32)17(19)2/h6-7,16,20-23,31-33H,2,4-5,8-15H2,1,3H3/b18-6+,19-7-/t16-,20?,21-,22+,23?,24-/m1/s1. The maximum atomic E-state index is 13.0. The number of hydrogen-bond donors (Lipinski definition) is 3. The molecule has 4 rings (SSSR count). The molecule has 3 saturated carbocycles. The van der Waals surface area contributed by atoms with Crippen LogP contribution in [0.15, 0.2) is 35.5 Å². The van der Waals surface area contributed by atoms with Crippen molar-refractivity contribution in [3.05, 3.63) is 35.5 Å². The molecule has 0 radical (unpaired) electrons. The van der Waals surface area contributed by atoms with Crippen molar-refractivity contribution in [3.8, 4) is 0 Å². The second kappa shape index (κ2) is 8.81. The van der Waals surface area contributed by atoms with Crippen LogP contribution in [0.3, 0.4) is 0 Å². The number of rotatable bonds is 4. The number of aliphatic hydroxyl groups excluding tert-OH is 2. The van der Waals surface area contributed by atoms with E-state index < -0.39 is 24.0 Å². The fraction of sp³-hybridized carbons (Fsp3) is 0.769. The molecule has 1 aliphatic heterocycles. The van der Waals surface area contributed by atoms with Crippen molar-refractivity contribution in [1.29, 1.82) is 0 Å². The molecule has 7 heteroatoms. The monoisotopic (exact) mass is 469 g/mol. The van der Waals surface area contributed by atoms with Gasteiger partial charge in [0, 0.05) is 26.1 Å². The molecule has 0 spiro atoms. The van der Waals surface area contributed by atoms with E-state index in [4.69, 9.17) is 0 Å². The number of allylic oxidation sites excluding steroid dienone is 3. The number of aliphatic hydroxyl groups is 3. The molecular weight excluding hydrogens is 431 g/mol. The van der Waals surface area contributed by atoms with Gasteiger partial charge in [-0.1, -0.05) is 38.2 Å². The first-order valence-corrected chi connectivity index (χ1v) is 12.3. The fourth-order valence-electron chi connectivity index (χ4n) is 7.22. The number of alkyl halides is 3. The minimum atomic E-state index is -4.57. The van der Waals surface area contributed by atoms with Gasteiger partial charge >= 0.3 is 6.18 Å². The first-order valence-electron chi connectivity index (χ1n) is 12.3. The predicted octanol–water partition coefficient (Wildman–Crippen LogP) is 4.37. The lowest BCUT2D eigenvalue weighted by Gasteiger charge is -2.50. The number of nitrogens with zero attached hydrogens (tertiary/aromatic N) is 1. The highest BCUT2D eigenvalue weighted by Gasteiger charge is 2.61. The van der Waals surface area contributed by atoms with E-state index in [0.29, 0.717) is 36.8 Å². The Bertz CT molecular complexity index is 829. The van der Waals surface area contributed by atoms with Crippen LogP contribution in [0.4, 0.5) is 13.2 Å². The summed E-state index contributed by atoms with van der Waals surface area (Å²) in [6.07, 6.45) is 4.67. The number of halogens is 3. The van der Waals surface area contributed by atoms with Crippen molar-refractivity contribution in [3.63, 3.8) is 0 Å². The Morgan fingerprint density at radius 3 is 2.58 bits per heavy atom. The Hall–Kier alpha value is -1.15. The molecule has 0 aromatic rings. The summed E-state index contributed by atoms with van der Waals surface area (Å²) in [4.78, 5) is 1.74. The molecule has 0 amide bonds. The summed E-state index contributed by atoms with van der Waals surface area (Å²) < 4.78 is 38.9. The molecule has 0 bridgehead atoms. The number of hydrogen-bond acceptors (Lipinski definition) is 4. The molecule has 4 nitrogen and oxygen atoms in total. The van der Waals surface area contributed by atoms with Gasteiger partial charge in [0.25, 0.3) is 0 Å². The molecule has 1 heterocycles. The molecule has 0 aromatic heterocycles. The fourth-order valence-corrected chi connectivity index (χ4v) is 7.22. The minimum absolute atomic E-state index is 0.121. The van der Waals surface area contributed by atoms with E-state index >= 15 is 0 Å². The van der Waals surface area contributed by atoms with Crippen LogP contribution in [-0.2, 0) is 0 Å². The van der Waals surface area contributed by atoms with Crippen LogP contribution < -0.4 is 0 Å². The van der Waals surface area contributed by atoms with E-state index in [1.54, 1.807) is 4.90 Å². The molecule has 3 aliphatic carbocycles. The average Bonchev–Trinajstić information content (AvgIpc) is 3.05. The summed E-state index contributed by atoms with van der Waals surface area (Å²) in [5.41, 5.74) is 0.591. The van der Waals surface area contributed by atoms with Crippen LogP contribution in [0.25, 0.3) is 0 Å². The molecular formula is C26H38F3NO3. The van der Waals surface area contributed by atoms with Gasteiger partial charge in [0.15, 0.2) is 5.60 Å². The summed E-state index contributed by atoms with van der Waals surface area (Å²) in [5, 5.41) is 29.9. The SMILES string of the molecule is C=C1/C(=C\C=C2/CCC[C@]3(C)[C@@H]([C@H](C)CN4CC(O)(C(F)(F)F)C4)CC[C@@H]23)CC(O)CC1O. The Kier molecular flexibility index (Phi) is 6.66. The zero-order chi connectivity index (χ0) is 24.2. The zero-order valence-corrected chi connectivity index (χ0v) is 19.7. The Balaban J connectivity index is 1.43. The smallest absolute Gasteiger partial charge is 0.393 e. The maximum absolute atomic E-state index is 13.0. The van der Waals surface area contributed by atoms with E-state index in [-0.39, 0.29) is 24.4 Å². The van der Waals surface area contributed by atoms with Gasteiger partial charge < -0.3 is 15.3 Å². The lowest BCUT2D eigenvalue weighted by atomic mass is 9.61. The summed E-state index contributed by atoms with van der Waals surface area (Å²) in [6, 6.07) is 0. The third kappa shape index (κ3) is 4.58. The van der Waals surface area contributed by atoms with Gasteiger partial charge in [0.2, 0.25) is 0 Å². The summed E-state index contributed by atoms with van der Waals surface area (Å²) in [5.74, 6) is 1.15. The van der Waals surface area contributed by atoms with Gasteiger partial charge in [-0.2, -0.15) is 13.2 Å². The number of β-amino-alcohol motifs (C(OH)–C–C–N with tert-alkyl or cyclic N) is 1. The third-order valence-corrected chi connectivity index (χ3v) is 9.03. The van der Waals surface area contributed by atoms with Crippen LogP contribution in [-0.4, -0.2) is 63.8 Å². The first kappa shape index (κ1) is 25.0. The van der Waals surface area contributed by atoms with E-state index in [2.05, 4.69) is 26.5 Å². The molecule has 186 valence electrons. The average molecular weight is 470 g/mol. The summed E-state index contributed by atoms with van der Waals surface area (Å²) >= 11 is 0. The molecule has 1 saturated heterocycles. The third-order valence-electron chi connectivity index (χ3n) is 9.03. The van der Waals surface area contributed by atoms with Crippen LogP contribution in [0.2, 0.25) is 0 Å². The van der Waals surface area contributed by atoms with Gasteiger partial charge in [-0.05, 0) is 72.8 Å². The summed E-state index contributed by atoms with van der Waals surface area (Å²) in [6.45, 7) is 8.44. The molecule has 4 aliphatic rings. The lowest BCUT2D eigenvalue weighted by Crippen LogP contribution is -2.69. The van der Waals surface area contributed by atoms with Gasteiger partial charge in [-0.3, -0.25) is 4.90 Å². The second-order valence-corrected chi connectivity index (χ2v) is 11.3. The van der Waals surface area contributed by atoms with E-state index in [1.807, 2.05) is 6.08 Å². The molecule has 3 N–H and O–H groups in total. The van der Waals surface area contributed by atoms with E-state index in [1.165, 1.54) is 5.57 Å². The van der Waals surface area contributed by atoms with Gasteiger partial charge in [0.1, 0.15) is 0 Å². The van der Waals surface area contributed by atoms with Crippen molar-refractivity contribution in [2.75, 3.05) is 19.6 Å². The van der Waals surface area contributed by atoms with Crippen molar-refractivity contribution in [2.45, 2.75) is 82.8 Å². The molecule has 33 heavy (non-hydrogen) atoms. The van der Waals surface area contributed by atoms with Crippen LogP contribution in [0.1, 0.15) is 58.8 Å². The molecule has 6 atom stereocenters. The summed E-state index contributed by atoms with van der Waals surface area (Å²) in [7, 11) is 0. The highest BCUT2D eigenvalue weighted by molar-refractivity contribution is 5.38.